The molecule has 0 aromatic rings. The number of rotatable bonds is 6. The summed E-state index contributed by atoms with van der Waals surface area (Å²) in [5.74, 6) is -2.24. The molecule has 2 rings (SSSR count). The lowest BCUT2D eigenvalue weighted by molar-refractivity contribution is -0.204. The molecular weight excluding hydrogens is 351 g/mol. The van der Waals surface area contributed by atoms with Crippen LogP contribution in [0.3, 0.4) is 0 Å². The van der Waals surface area contributed by atoms with Gasteiger partial charge >= 0.3 is 12.2 Å². The van der Waals surface area contributed by atoms with E-state index in [1.54, 1.807) is 24.5 Å². The van der Waals surface area contributed by atoms with E-state index in [1.807, 2.05) is 0 Å². The molecule has 9 heteroatoms. The van der Waals surface area contributed by atoms with Gasteiger partial charge in [0.15, 0.2) is 0 Å². The highest BCUT2D eigenvalue weighted by Gasteiger charge is 2.68. The molecule has 1 saturated heterocycles. The normalized spacial score (nSPS) is 24.9. The second kappa shape index (κ2) is 7.84. The first-order valence-electron chi connectivity index (χ1n) is 9.08. The molecule has 4 amide bonds. The first-order chi connectivity index (χ1) is 12.1. The number of hydrogen-bond acceptors (Lipinski definition) is 3. The van der Waals surface area contributed by atoms with Gasteiger partial charge in [-0.05, 0) is 18.3 Å². The summed E-state index contributed by atoms with van der Waals surface area (Å²) < 4.78 is 40.9. The highest BCUT2D eigenvalue weighted by Crippen LogP contribution is 2.34. The van der Waals surface area contributed by atoms with Crippen molar-refractivity contribution in [2.75, 3.05) is 6.54 Å². The average Bonchev–Trinajstić information content (AvgIpc) is 2.78. The number of hydrogen-bond donors (Lipinski definition) is 2. The van der Waals surface area contributed by atoms with Crippen LogP contribution in [0.1, 0.15) is 58.8 Å². The van der Waals surface area contributed by atoms with Gasteiger partial charge in [0.25, 0.3) is 11.6 Å². The molecule has 1 atom stereocenters. The molecule has 1 aliphatic carbocycles. The SMILES string of the molecule is CC(C)CN1C(=O)N[C@](NC(=O)CCC2CCCCC2)(C(F)(F)F)C1=O. The lowest BCUT2D eigenvalue weighted by Crippen LogP contribution is -2.69. The van der Waals surface area contributed by atoms with Gasteiger partial charge in [-0.3, -0.25) is 19.8 Å². The van der Waals surface area contributed by atoms with Gasteiger partial charge in [-0.2, -0.15) is 13.2 Å². The summed E-state index contributed by atoms with van der Waals surface area (Å²) in [5.41, 5.74) is -3.37. The Kier molecular flexibility index (Phi) is 6.18. The van der Waals surface area contributed by atoms with Crippen LogP contribution in [0.4, 0.5) is 18.0 Å². The summed E-state index contributed by atoms with van der Waals surface area (Å²) in [6, 6.07) is -1.14. The Morgan fingerprint density at radius 1 is 1.27 bits per heavy atom. The monoisotopic (exact) mass is 377 g/mol. The third-order valence-corrected chi connectivity index (χ3v) is 4.91. The number of carbonyl (C=O) groups excluding carboxylic acids is 3. The van der Waals surface area contributed by atoms with Crippen LogP contribution in [-0.4, -0.2) is 41.1 Å². The van der Waals surface area contributed by atoms with Crippen LogP contribution in [0.5, 0.6) is 0 Å². The van der Waals surface area contributed by atoms with E-state index in [-0.39, 0.29) is 18.9 Å². The Morgan fingerprint density at radius 3 is 2.42 bits per heavy atom. The lowest BCUT2D eigenvalue weighted by Gasteiger charge is -2.30. The van der Waals surface area contributed by atoms with E-state index in [1.165, 1.54) is 0 Å². The molecule has 2 fully saturated rings. The standard InChI is InChI=1S/C17H26F3N3O3/c1-11(2)10-23-14(25)16(17(18,19)20,22-15(23)26)21-13(24)9-8-12-6-4-3-5-7-12/h11-12H,3-10H2,1-2H3,(H,21,24)(H,22,26)/t16-/m0/s1. The van der Waals surface area contributed by atoms with Crippen molar-refractivity contribution in [3.05, 3.63) is 0 Å². The highest BCUT2D eigenvalue weighted by molar-refractivity contribution is 6.08. The Morgan fingerprint density at radius 2 is 1.88 bits per heavy atom. The minimum atomic E-state index is -5.13. The second-order valence-electron chi connectivity index (χ2n) is 7.58. The number of urea groups is 1. The minimum absolute atomic E-state index is 0.101. The predicted molar refractivity (Wildman–Crippen MR) is 87.8 cm³/mol. The Labute approximate surface area is 150 Å². The molecule has 0 unspecified atom stereocenters. The minimum Gasteiger partial charge on any atom is -0.318 e. The van der Waals surface area contributed by atoms with E-state index in [4.69, 9.17) is 0 Å². The summed E-state index contributed by atoms with van der Waals surface area (Å²) in [6.45, 7) is 3.20. The van der Waals surface area contributed by atoms with Gasteiger partial charge in [-0.1, -0.05) is 46.0 Å². The third-order valence-electron chi connectivity index (χ3n) is 4.91. The first-order valence-corrected chi connectivity index (χ1v) is 9.08. The predicted octanol–water partition coefficient (Wildman–Crippen LogP) is 2.93. The van der Waals surface area contributed by atoms with Gasteiger partial charge < -0.3 is 5.32 Å². The molecule has 1 heterocycles. The average molecular weight is 377 g/mol. The number of alkyl halides is 3. The molecule has 0 aromatic carbocycles. The van der Waals surface area contributed by atoms with Crippen molar-refractivity contribution in [1.82, 2.24) is 15.5 Å². The number of amides is 4. The number of imide groups is 1. The van der Waals surface area contributed by atoms with Crippen LogP contribution in [0, 0.1) is 11.8 Å². The molecule has 148 valence electrons. The molecule has 2 aliphatic rings. The molecule has 2 N–H and O–H groups in total. The number of carbonyl (C=O) groups is 3. The van der Waals surface area contributed by atoms with Gasteiger partial charge in [0.1, 0.15) is 0 Å². The van der Waals surface area contributed by atoms with Crippen molar-refractivity contribution in [2.24, 2.45) is 11.8 Å². The van der Waals surface area contributed by atoms with E-state index in [0.29, 0.717) is 17.2 Å². The Hall–Kier alpha value is -1.80. The van der Waals surface area contributed by atoms with Gasteiger partial charge in [-0.15, -0.1) is 0 Å². The van der Waals surface area contributed by atoms with E-state index < -0.39 is 29.7 Å². The quantitative estimate of drug-likeness (QED) is 0.699. The summed E-state index contributed by atoms with van der Waals surface area (Å²) in [7, 11) is 0. The second-order valence-corrected chi connectivity index (χ2v) is 7.58. The number of nitrogens with one attached hydrogen (secondary N) is 2. The van der Waals surface area contributed by atoms with Crippen LogP contribution in [0.25, 0.3) is 0 Å². The fourth-order valence-electron chi connectivity index (χ4n) is 3.54. The number of halogens is 3. The fourth-order valence-corrected chi connectivity index (χ4v) is 3.54. The van der Waals surface area contributed by atoms with Crippen molar-refractivity contribution < 1.29 is 27.6 Å². The number of nitrogens with zero attached hydrogens (tertiary/aromatic N) is 1. The van der Waals surface area contributed by atoms with Crippen LogP contribution in [-0.2, 0) is 9.59 Å². The Bertz CT molecular complexity index is 559. The van der Waals surface area contributed by atoms with Crippen LogP contribution in [0.2, 0.25) is 0 Å². The third kappa shape index (κ3) is 4.29. The van der Waals surface area contributed by atoms with Crippen LogP contribution in [0.15, 0.2) is 0 Å². The van der Waals surface area contributed by atoms with Crippen molar-refractivity contribution in [2.45, 2.75) is 70.6 Å². The fraction of sp³-hybridized carbons (Fsp3) is 0.824. The summed E-state index contributed by atoms with van der Waals surface area (Å²) in [5, 5.41) is 3.43. The molecule has 26 heavy (non-hydrogen) atoms. The van der Waals surface area contributed by atoms with Crippen molar-refractivity contribution in [1.29, 1.82) is 0 Å². The molecule has 0 spiro atoms. The summed E-state index contributed by atoms with van der Waals surface area (Å²) >= 11 is 0. The Balaban J connectivity index is 2.08. The maximum Gasteiger partial charge on any atom is 0.440 e. The van der Waals surface area contributed by atoms with Gasteiger partial charge in [-0.25, -0.2) is 4.79 Å². The largest absolute Gasteiger partial charge is 0.440 e. The van der Waals surface area contributed by atoms with E-state index >= 15 is 0 Å². The summed E-state index contributed by atoms with van der Waals surface area (Å²) in [6.07, 6.45) is 0.464. The van der Waals surface area contributed by atoms with Crippen molar-refractivity contribution in [3.8, 4) is 0 Å². The zero-order chi connectivity index (χ0) is 19.5. The van der Waals surface area contributed by atoms with Gasteiger partial charge in [0.05, 0.1) is 0 Å². The molecule has 6 nitrogen and oxygen atoms in total. The van der Waals surface area contributed by atoms with Crippen molar-refractivity contribution in [3.63, 3.8) is 0 Å². The lowest BCUT2D eigenvalue weighted by atomic mass is 9.86. The van der Waals surface area contributed by atoms with Gasteiger partial charge in [0.2, 0.25) is 5.91 Å². The molecule has 1 saturated carbocycles. The highest BCUT2D eigenvalue weighted by atomic mass is 19.4. The maximum absolute atomic E-state index is 13.6. The van der Waals surface area contributed by atoms with Crippen LogP contribution >= 0.6 is 0 Å². The van der Waals surface area contributed by atoms with E-state index in [9.17, 15) is 27.6 Å². The molecule has 0 radical (unpaired) electrons. The van der Waals surface area contributed by atoms with E-state index in [0.717, 1.165) is 32.1 Å². The molecule has 0 aromatic heterocycles. The van der Waals surface area contributed by atoms with Gasteiger partial charge in [0, 0.05) is 13.0 Å². The van der Waals surface area contributed by atoms with Crippen LogP contribution < -0.4 is 10.6 Å². The molecular formula is C17H26F3N3O3. The molecule has 1 aliphatic heterocycles. The van der Waals surface area contributed by atoms with E-state index in [2.05, 4.69) is 0 Å². The smallest absolute Gasteiger partial charge is 0.318 e. The molecule has 0 bridgehead atoms. The summed E-state index contributed by atoms with van der Waals surface area (Å²) in [4.78, 5) is 36.9. The zero-order valence-electron chi connectivity index (χ0n) is 15.1. The maximum atomic E-state index is 13.6. The van der Waals surface area contributed by atoms with Crippen molar-refractivity contribution >= 4 is 17.8 Å². The first kappa shape index (κ1) is 20.5. The topological polar surface area (TPSA) is 78.5 Å². The zero-order valence-corrected chi connectivity index (χ0v) is 15.1.